The molecule has 0 heterocycles. The molecule has 0 aromatic heterocycles. The Morgan fingerprint density at radius 1 is 1.29 bits per heavy atom. The van der Waals surface area contributed by atoms with Crippen LogP contribution in [0.4, 0.5) is 0 Å². The van der Waals surface area contributed by atoms with Crippen molar-refractivity contribution >= 4 is 15.9 Å². The summed E-state index contributed by atoms with van der Waals surface area (Å²) in [5.41, 5.74) is 0.825. The van der Waals surface area contributed by atoms with Gasteiger partial charge in [0, 0.05) is 10.5 Å². The van der Waals surface area contributed by atoms with Crippen molar-refractivity contribution < 1.29 is 5.11 Å². The van der Waals surface area contributed by atoms with Crippen LogP contribution < -0.4 is 5.32 Å². The normalized spacial score (nSPS) is 20.4. The van der Waals surface area contributed by atoms with Gasteiger partial charge >= 0.3 is 0 Å². The summed E-state index contributed by atoms with van der Waals surface area (Å²) in [6, 6.07) is 8.75. The highest BCUT2D eigenvalue weighted by molar-refractivity contribution is 9.10. The summed E-state index contributed by atoms with van der Waals surface area (Å²) >= 11 is 3.44. The summed E-state index contributed by atoms with van der Waals surface area (Å²) in [5.74, 6) is 0. The molecule has 1 unspecified atom stereocenters. The lowest BCUT2D eigenvalue weighted by molar-refractivity contribution is 0.161. The second kappa shape index (κ2) is 5.51. The van der Waals surface area contributed by atoms with Crippen molar-refractivity contribution in [2.24, 2.45) is 0 Å². The van der Waals surface area contributed by atoms with E-state index in [1.807, 2.05) is 12.1 Å². The summed E-state index contributed by atoms with van der Waals surface area (Å²) in [6.45, 7) is 2.21. The third-order valence-electron chi connectivity index (χ3n) is 3.68. The molecule has 0 radical (unpaired) electrons. The molecule has 1 fully saturated rings. The zero-order chi connectivity index (χ0) is 12.3. The van der Waals surface area contributed by atoms with E-state index in [1.165, 1.54) is 25.7 Å². The van der Waals surface area contributed by atoms with E-state index in [9.17, 15) is 5.11 Å². The van der Waals surface area contributed by atoms with Crippen molar-refractivity contribution in [1.82, 2.24) is 5.32 Å². The fourth-order valence-electron chi connectivity index (χ4n) is 2.56. The Hall–Kier alpha value is -0.380. The first-order valence-corrected chi connectivity index (χ1v) is 7.08. The SMILES string of the molecule is CC(CO)(NC1CCCC1)c1ccc(Br)cc1. The molecule has 2 N–H and O–H groups in total. The van der Waals surface area contributed by atoms with E-state index in [0.29, 0.717) is 6.04 Å². The summed E-state index contributed by atoms with van der Waals surface area (Å²) < 4.78 is 1.07. The molecule has 0 saturated heterocycles. The summed E-state index contributed by atoms with van der Waals surface area (Å²) in [5, 5.41) is 13.3. The second-order valence-electron chi connectivity index (χ2n) is 5.12. The van der Waals surface area contributed by atoms with Crippen molar-refractivity contribution in [3.05, 3.63) is 34.3 Å². The van der Waals surface area contributed by atoms with Gasteiger partial charge in [-0.05, 0) is 37.5 Å². The quantitative estimate of drug-likeness (QED) is 0.895. The molecule has 2 nitrogen and oxygen atoms in total. The molecule has 94 valence electrons. The fourth-order valence-corrected chi connectivity index (χ4v) is 2.82. The molecule has 1 aliphatic carbocycles. The number of rotatable bonds is 4. The van der Waals surface area contributed by atoms with Gasteiger partial charge in [-0.3, -0.25) is 0 Å². The molecule has 0 spiro atoms. The highest BCUT2D eigenvalue weighted by Crippen LogP contribution is 2.27. The summed E-state index contributed by atoms with van der Waals surface area (Å²) in [4.78, 5) is 0. The molecule has 1 saturated carbocycles. The van der Waals surface area contributed by atoms with Crippen LogP contribution in [0.2, 0.25) is 0 Å². The van der Waals surface area contributed by atoms with E-state index in [1.54, 1.807) is 0 Å². The second-order valence-corrected chi connectivity index (χ2v) is 6.04. The first kappa shape index (κ1) is 13.1. The molecule has 2 rings (SSSR count). The van der Waals surface area contributed by atoms with Gasteiger partial charge in [-0.15, -0.1) is 0 Å². The Morgan fingerprint density at radius 2 is 1.88 bits per heavy atom. The zero-order valence-corrected chi connectivity index (χ0v) is 11.8. The third-order valence-corrected chi connectivity index (χ3v) is 4.20. The van der Waals surface area contributed by atoms with Gasteiger partial charge in [0.05, 0.1) is 12.1 Å². The number of aliphatic hydroxyl groups is 1. The first-order valence-electron chi connectivity index (χ1n) is 6.29. The number of nitrogens with one attached hydrogen (secondary N) is 1. The van der Waals surface area contributed by atoms with Crippen LogP contribution in [0.5, 0.6) is 0 Å². The van der Waals surface area contributed by atoms with Crippen LogP contribution in [0.25, 0.3) is 0 Å². The van der Waals surface area contributed by atoms with Crippen molar-refractivity contribution in [2.75, 3.05) is 6.61 Å². The van der Waals surface area contributed by atoms with Crippen LogP contribution in [-0.2, 0) is 5.54 Å². The Morgan fingerprint density at radius 3 is 2.41 bits per heavy atom. The van der Waals surface area contributed by atoms with Crippen LogP contribution >= 0.6 is 15.9 Å². The van der Waals surface area contributed by atoms with Crippen LogP contribution in [-0.4, -0.2) is 17.8 Å². The summed E-state index contributed by atoms with van der Waals surface area (Å²) in [6.07, 6.45) is 5.07. The molecule has 0 bridgehead atoms. The molecule has 0 amide bonds. The van der Waals surface area contributed by atoms with Crippen LogP contribution in [0, 0.1) is 0 Å². The smallest absolute Gasteiger partial charge is 0.0652 e. The van der Waals surface area contributed by atoms with E-state index in [0.717, 1.165) is 10.0 Å². The predicted molar refractivity (Wildman–Crippen MR) is 74.0 cm³/mol. The Labute approximate surface area is 112 Å². The number of benzene rings is 1. The maximum atomic E-state index is 9.69. The Kier molecular flexibility index (Phi) is 4.23. The number of aliphatic hydroxyl groups excluding tert-OH is 1. The van der Waals surface area contributed by atoms with Gasteiger partial charge in [0.2, 0.25) is 0 Å². The largest absolute Gasteiger partial charge is 0.394 e. The molecule has 1 aromatic carbocycles. The maximum Gasteiger partial charge on any atom is 0.0652 e. The molecule has 17 heavy (non-hydrogen) atoms. The lowest BCUT2D eigenvalue weighted by Crippen LogP contribution is -2.47. The topological polar surface area (TPSA) is 32.3 Å². The fraction of sp³-hybridized carbons (Fsp3) is 0.571. The average Bonchev–Trinajstić information content (AvgIpc) is 2.82. The van der Waals surface area contributed by atoms with Crippen molar-refractivity contribution in [3.63, 3.8) is 0 Å². The molecular formula is C14H20BrNO. The van der Waals surface area contributed by atoms with Gasteiger partial charge in [-0.25, -0.2) is 0 Å². The van der Waals surface area contributed by atoms with Crippen LogP contribution in [0.3, 0.4) is 0 Å². The van der Waals surface area contributed by atoms with Gasteiger partial charge in [0.15, 0.2) is 0 Å². The number of hydrogen-bond acceptors (Lipinski definition) is 2. The molecule has 1 atom stereocenters. The van der Waals surface area contributed by atoms with Crippen LogP contribution in [0.1, 0.15) is 38.2 Å². The molecule has 0 aliphatic heterocycles. The Balaban J connectivity index is 2.14. The monoisotopic (exact) mass is 297 g/mol. The maximum absolute atomic E-state index is 9.69. The van der Waals surface area contributed by atoms with Crippen molar-refractivity contribution in [3.8, 4) is 0 Å². The number of halogens is 1. The van der Waals surface area contributed by atoms with Gasteiger partial charge in [0.1, 0.15) is 0 Å². The highest BCUT2D eigenvalue weighted by atomic mass is 79.9. The van der Waals surface area contributed by atoms with E-state index in [4.69, 9.17) is 0 Å². The van der Waals surface area contributed by atoms with E-state index in [-0.39, 0.29) is 12.1 Å². The minimum Gasteiger partial charge on any atom is -0.394 e. The highest BCUT2D eigenvalue weighted by Gasteiger charge is 2.29. The van der Waals surface area contributed by atoms with E-state index < -0.39 is 0 Å². The lowest BCUT2D eigenvalue weighted by atomic mass is 9.91. The van der Waals surface area contributed by atoms with E-state index >= 15 is 0 Å². The zero-order valence-electron chi connectivity index (χ0n) is 10.2. The van der Waals surface area contributed by atoms with Gasteiger partial charge in [0.25, 0.3) is 0 Å². The van der Waals surface area contributed by atoms with Gasteiger partial charge in [-0.2, -0.15) is 0 Å². The number of hydrogen-bond donors (Lipinski definition) is 2. The van der Waals surface area contributed by atoms with Gasteiger partial charge in [-0.1, -0.05) is 40.9 Å². The molecular weight excluding hydrogens is 278 g/mol. The standard InChI is InChI=1S/C14H20BrNO/c1-14(10-17,16-13-4-2-3-5-13)11-6-8-12(15)9-7-11/h6-9,13,16-17H,2-5,10H2,1H3. The minimum absolute atomic E-state index is 0.130. The summed E-state index contributed by atoms with van der Waals surface area (Å²) in [7, 11) is 0. The molecule has 1 aliphatic rings. The van der Waals surface area contributed by atoms with Gasteiger partial charge < -0.3 is 10.4 Å². The minimum atomic E-state index is -0.324. The van der Waals surface area contributed by atoms with E-state index in [2.05, 4.69) is 40.3 Å². The van der Waals surface area contributed by atoms with Crippen molar-refractivity contribution in [2.45, 2.75) is 44.2 Å². The van der Waals surface area contributed by atoms with Crippen molar-refractivity contribution in [1.29, 1.82) is 0 Å². The molecule has 3 heteroatoms. The van der Waals surface area contributed by atoms with Crippen LogP contribution in [0.15, 0.2) is 28.7 Å². The first-order chi connectivity index (χ1) is 8.14. The third kappa shape index (κ3) is 3.09. The Bertz CT molecular complexity index is 359. The predicted octanol–water partition coefficient (Wildman–Crippen LogP) is 3.19. The molecule has 1 aromatic rings. The average molecular weight is 298 g/mol. The lowest BCUT2D eigenvalue weighted by Gasteiger charge is -2.33.